The molecule has 72 valence electrons. The number of hydrogen-bond donors (Lipinski definition) is 0. The van der Waals surface area contributed by atoms with Crippen molar-refractivity contribution in [3.05, 3.63) is 12.5 Å². The van der Waals surface area contributed by atoms with Gasteiger partial charge in [0, 0.05) is 0 Å². The van der Waals surface area contributed by atoms with Crippen molar-refractivity contribution in [2.45, 2.75) is 12.8 Å². The van der Waals surface area contributed by atoms with Crippen LogP contribution in [0.4, 0.5) is 4.69 Å². The van der Waals surface area contributed by atoms with Crippen molar-refractivity contribution >= 4 is 29.1 Å². The zero-order chi connectivity index (χ0) is 9.38. The minimum absolute atomic E-state index is 0.308. The predicted molar refractivity (Wildman–Crippen MR) is 55.7 cm³/mol. The summed E-state index contributed by atoms with van der Waals surface area (Å²) >= 11 is 0.308. The van der Waals surface area contributed by atoms with E-state index in [1.54, 1.807) is 6.33 Å². The molecule has 5 heteroatoms. The van der Waals surface area contributed by atoms with Crippen LogP contribution in [-0.2, 0) is 0 Å². The second-order valence-electron chi connectivity index (χ2n) is 3.40. The van der Waals surface area contributed by atoms with Gasteiger partial charge in [0.1, 0.15) is 0 Å². The van der Waals surface area contributed by atoms with Crippen molar-refractivity contribution in [2.75, 3.05) is 18.0 Å². The molecule has 0 unspecified atom stereocenters. The Bertz CT molecular complexity index is 414. The molecule has 14 heavy (non-hydrogen) atoms. The Kier molecular flexibility index (Phi) is 2.00. The summed E-state index contributed by atoms with van der Waals surface area (Å²) in [5.74, 6) is 0. The number of aromatic nitrogens is 3. The molecular formula is C9H10N4Se. The molecule has 0 bridgehead atoms. The molecule has 1 fully saturated rings. The summed E-state index contributed by atoms with van der Waals surface area (Å²) < 4.78 is 2.37. The summed E-state index contributed by atoms with van der Waals surface area (Å²) in [6, 6.07) is 0. The van der Waals surface area contributed by atoms with Gasteiger partial charge < -0.3 is 0 Å². The monoisotopic (exact) mass is 254 g/mol. The summed E-state index contributed by atoms with van der Waals surface area (Å²) in [6.07, 6.45) is 6.03. The third-order valence-corrected chi connectivity index (χ3v) is 4.62. The molecule has 3 rings (SSSR count). The number of nitrogens with zero attached hydrogens (tertiary/aromatic N) is 4. The van der Waals surface area contributed by atoms with E-state index in [4.69, 9.17) is 0 Å². The molecule has 3 heterocycles. The van der Waals surface area contributed by atoms with E-state index < -0.39 is 0 Å². The average molecular weight is 253 g/mol. The summed E-state index contributed by atoms with van der Waals surface area (Å²) in [7, 11) is 0. The van der Waals surface area contributed by atoms with Crippen LogP contribution >= 0.6 is 0 Å². The molecule has 0 spiro atoms. The van der Waals surface area contributed by atoms with Crippen molar-refractivity contribution < 1.29 is 0 Å². The van der Waals surface area contributed by atoms with Gasteiger partial charge in [-0.2, -0.15) is 0 Å². The van der Waals surface area contributed by atoms with Gasteiger partial charge in [0.2, 0.25) is 0 Å². The number of hydrogen-bond acceptors (Lipinski definition) is 4. The molecular weight excluding hydrogens is 243 g/mol. The second-order valence-corrected chi connectivity index (χ2v) is 5.41. The van der Waals surface area contributed by atoms with E-state index in [1.165, 1.54) is 30.6 Å². The van der Waals surface area contributed by atoms with Crippen LogP contribution in [0.3, 0.4) is 0 Å². The molecule has 0 N–H and O–H groups in total. The molecule has 0 amide bonds. The van der Waals surface area contributed by atoms with Crippen LogP contribution in [0.15, 0.2) is 12.5 Å². The van der Waals surface area contributed by atoms with Crippen LogP contribution < -0.4 is 4.90 Å². The zero-order valence-electron chi connectivity index (χ0n) is 7.68. The van der Waals surface area contributed by atoms with Gasteiger partial charge in [0.05, 0.1) is 0 Å². The van der Waals surface area contributed by atoms with Gasteiger partial charge in [-0.05, 0) is 0 Å². The molecule has 1 aliphatic rings. The van der Waals surface area contributed by atoms with Crippen molar-refractivity contribution in [2.24, 2.45) is 0 Å². The maximum atomic E-state index is 4.58. The first kappa shape index (κ1) is 8.38. The third kappa shape index (κ3) is 1.33. The molecule has 2 aromatic rings. The Labute approximate surface area is 87.7 Å². The van der Waals surface area contributed by atoms with E-state index in [1.807, 2.05) is 6.20 Å². The third-order valence-electron chi connectivity index (χ3n) is 2.44. The van der Waals surface area contributed by atoms with Crippen molar-refractivity contribution in [1.82, 2.24) is 15.0 Å². The van der Waals surface area contributed by atoms with Crippen LogP contribution in [0.25, 0.3) is 9.91 Å². The molecule has 1 aliphatic heterocycles. The number of fused-ring (bicyclic) bond motifs is 1. The maximum absolute atomic E-state index is 4.58. The van der Waals surface area contributed by atoms with Crippen LogP contribution in [-0.4, -0.2) is 42.5 Å². The summed E-state index contributed by atoms with van der Waals surface area (Å²) in [4.78, 5) is 15.2. The van der Waals surface area contributed by atoms with Gasteiger partial charge in [-0.3, -0.25) is 0 Å². The van der Waals surface area contributed by atoms with Gasteiger partial charge in [-0.1, -0.05) is 0 Å². The standard InChI is InChI=1S/C9H10N4Se/c1-2-4-13(3-1)9-12-7-5-10-6-11-8(7)14-9/h5-6H,1-4H2. The summed E-state index contributed by atoms with van der Waals surface area (Å²) in [6.45, 7) is 2.34. The van der Waals surface area contributed by atoms with E-state index in [-0.39, 0.29) is 0 Å². The predicted octanol–water partition coefficient (Wildman–Crippen LogP) is 0.682. The SMILES string of the molecule is c1ncc2nc(N3CCCC3)[se]c2n1. The van der Waals surface area contributed by atoms with E-state index in [0.29, 0.717) is 14.5 Å². The van der Waals surface area contributed by atoms with Crippen molar-refractivity contribution in [3.63, 3.8) is 0 Å². The summed E-state index contributed by atoms with van der Waals surface area (Å²) in [5.41, 5.74) is 0.981. The molecule has 0 atom stereocenters. The van der Waals surface area contributed by atoms with Gasteiger partial charge in [0.25, 0.3) is 0 Å². The molecule has 0 aromatic carbocycles. The van der Waals surface area contributed by atoms with E-state index in [9.17, 15) is 0 Å². The second kappa shape index (κ2) is 3.33. The normalized spacial score (nSPS) is 16.7. The molecule has 0 radical (unpaired) electrons. The first-order valence-corrected chi connectivity index (χ1v) is 6.46. The van der Waals surface area contributed by atoms with Crippen molar-refractivity contribution in [1.29, 1.82) is 0 Å². The van der Waals surface area contributed by atoms with Crippen LogP contribution in [0.5, 0.6) is 0 Å². The van der Waals surface area contributed by atoms with Gasteiger partial charge in [0.15, 0.2) is 0 Å². The Balaban J connectivity index is 2.05. The van der Waals surface area contributed by atoms with E-state index in [2.05, 4.69) is 19.9 Å². The molecule has 0 aliphatic carbocycles. The van der Waals surface area contributed by atoms with E-state index >= 15 is 0 Å². The summed E-state index contributed by atoms with van der Waals surface area (Å²) in [5, 5.41) is 0. The fourth-order valence-corrected chi connectivity index (χ4v) is 3.68. The Morgan fingerprint density at radius 2 is 2.14 bits per heavy atom. The number of anilines is 1. The fraction of sp³-hybridized carbons (Fsp3) is 0.444. The Morgan fingerprint density at radius 3 is 2.93 bits per heavy atom. The minimum atomic E-state index is 0.308. The van der Waals surface area contributed by atoms with Crippen LogP contribution in [0, 0.1) is 0 Å². The van der Waals surface area contributed by atoms with Gasteiger partial charge in [-0.25, -0.2) is 0 Å². The van der Waals surface area contributed by atoms with Gasteiger partial charge in [-0.15, -0.1) is 0 Å². The fourth-order valence-electron chi connectivity index (χ4n) is 1.72. The molecule has 2 aromatic heterocycles. The van der Waals surface area contributed by atoms with E-state index in [0.717, 1.165) is 9.91 Å². The van der Waals surface area contributed by atoms with Crippen LogP contribution in [0.1, 0.15) is 12.8 Å². The van der Waals surface area contributed by atoms with Crippen molar-refractivity contribution in [3.8, 4) is 0 Å². The Morgan fingerprint density at radius 1 is 1.29 bits per heavy atom. The van der Waals surface area contributed by atoms with Crippen LogP contribution in [0.2, 0.25) is 0 Å². The topological polar surface area (TPSA) is 41.9 Å². The molecule has 4 nitrogen and oxygen atoms in total. The first-order chi connectivity index (χ1) is 6.93. The number of rotatable bonds is 1. The quantitative estimate of drug-likeness (QED) is 0.701. The Hall–Kier alpha value is -0.931. The van der Waals surface area contributed by atoms with Gasteiger partial charge >= 0.3 is 87.4 Å². The molecule has 1 saturated heterocycles. The first-order valence-electron chi connectivity index (χ1n) is 4.75. The zero-order valence-corrected chi connectivity index (χ0v) is 9.39. The molecule has 0 saturated carbocycles. The average Bonchev–Trinajstić information content (AvgIpc) is 2.86.